The van der Waals surface area contributed by atoms with Crippen molar-refractivity contribution in [2.45, 2.75) is 38.1 Å². The molecule has 0 unspecified atom stereocenters. The Morgan fingerprint density at radius 2 is 2.08 bits per heavy atom. The van der Waals surface area contributed by atoms with Crippen molar-refractivity contribution in [3.8, 4) is 17.1 Å². The zero-order valence-corrected chi connectivity index (χ0v) is 14.8. The highest BCUT2D eigenvalue weighted by Crippen LogP contribution is 2.22. The molecule has 0 saturated heterocycles. The van der Waals surface area contributed by atoms with Crippen LogP contribution in [0.3, 0.4) is 0 Å². The van der Waals surface area contributed by atoms with Crippen LogP contribution in [0.15, 0.2) is 43.2 Å². The van der Waals surface area contributed by atoms with Crippen molar-refractivity contribution in [1.29, 1.82) is 0 Å². The SMILES string of the molecule is Cn1cc(-c2cc(C(=O)NC3CCCCC3)cc(-n3ccnc3)n2)cn1. The zero-order chi connectivity index (χ0) is 17.9. The van der Waals surface area contributed by atoms with E-state index in [1.807, 2.05) is 25.5 Å². The molecule has 3 heterocycles. The van der Waals surface area contributed by atoms with Crippen LogP contribution in [0.25, 0.3) is 17.1 Å². The van der Waals surface area contributed by atoms with Gasteiger partial charge in [0, 0.05) is 42.8 Å². The number of nitrogens with one attached hydrogen (secondary N) is 1. The second-order valence-electron chi connectivity index (χ2n) is 6.78. The Kier molecular flexibility index (Phi) is 4.51. The molecular formula is C19H22N6O. The highest BCUT2D eigenvalue weighted by Gasteiger charge is 2.18. The monoisotopic (exact) mass is 350 g/mol. The summed E-state index contributed by atoms with van der Waals surface area (Å²) in [5.41, 5.74) is 2.20. The summed E-state index contributed by atoms with van der Waals surface area (Å²) in [6.07, 6.45) is 14.6. The van der Waals surface area contributed by atoms with Gasteiger partial charge < -0.3 is 5.32 Å². The van der Waals surface area contributed by atoms with Gasteiger partial charge in [0.25, 0.3) is 5.91 Å². The number of carbonyl (C=O) groups excluding carboxylic acids is 1. The molecule has 26 heavy (non-hydrogen) atoms. The molecule has 1 aliphatic rings. The number of hydrogen-bond donors (Lipinski definition) is 1. The smallest absolute Gasteiger partial charge is 0.251 e. The van der Waals surface area contributed by atoms with Crippen LogP contribution in [0.1, 0.15) is 42.5 Å². The van der Waals surface area contributed by atoms with E-state index in [0.717, 1.165) is 24.1 Å². The lowest BCUT2D eigenvalue weighted by Crippen LogP contribution is -2.36. The van der Waals surface area contributed by atoms with Gasteiger partial charge in [0.05, 0.1) is 11.9 Å². The number of hydrogen-bond acceptors (Lipinski definition) is 4. The van der Waals surface area contributed by atoms with Gasteiger partial charge >= 0.3 is 0 Å². The van der Waals surface area contributed by atoms with E-state index in [-0.39, 0.29) is 11.9 Å². The summed E-state index contributed by atoms with van der Waals surface area (Å²) in [6, 6.07) is 3.90. The minimum absolute atomic E-state index is 0.0502. The van der Waals surface area contributed by atoms with Crippen molar-refractivity contribution >= 4 is 5.91 Å². The van der Waals surface area contributed by atoms with Crippen LogP contribution in [-0.2, 0) is 7.05 Å². The Morgan fingerprint density at radius 3 is 2.77 bits per heavy atom. The van der Waals surface area contributed by atoms with Gasteiger partial charge in [-0.25, -0.2) is 9.97 Å². The summed E-state index contributed by atoms with van der Waals surface area (Å²) in [7, 11) is 1.86. The van der Waals surface area contributed by atoms with Gasteiger partial charge in [0.15, 0.2) is 0 Å². The maximum atomic E-state index is 12.8. The summed E-state index contributed by atoms with van der Waals surface area (Å²) in [5.74, 6) is 0.614. The Labute approximate surface area is 152 Å². The first-order valence-electron chi connectivity index (χ1n) is 8.99. The van der Waals surface area contributed by atoms with Crippen LogP contribution >= 0.6 is 0 Å². The van der Waals surface area contributed by atoms with Crippen LogP contribution in [0, 0.1) is 0 Å². The molecule has 3 aromatic rings. The summed E-state index contributed by atoms with van der Waals surface area (Å²) < 4.78 is 3.53. The first-order chi connectivity index (χ1) is 12.7. The standard InChI is InChI=1S/C19H22N6O/c1-24-12-15(11-21-24)17-9-14(10-18(23-17)25-8-7-20-13-25)19(26)22-16-5-3-2-4-6-16/h7-13,16H,2-6H2,1H3,(H,22,26). The third-order valence-corrected chi connectivity index (χ3v) is 4.78. The van der Waals surface area contributed by atoms with Crippen molar-refractivity contribution in [2.75, 3.05) is 0 Å². The Morgan fingerprint density at radius 1 is 1.23 bits per heavy atom. The molecule has 1 saturated carbocycles. The number of carbonyl (C=O) groups is 1. The van der Waals surface area contributed by atoms with E-state index in [1.54, 1.807) is 34.0 Å². The van der Waals surface area contributed by atoms with Gasteiger partial charge in [-0.05, 0) is 25.0 Å². The van der Waals surface area contributed by atoms with Gasteiger partial charge in [-0.3, -0.25) is 14.0 Å². The van der Waals surface area contributed by atoms with Crippen molar-refractivity contribution in [1.82, 2.24) is 29.6 Å². The second kappa shape index (κ2) is 7.11. The highest BCUT2D eigenvalue weighted by atomic mass is 16.1. The Balaban J connectivity index is 1.68. The van der Waals surface area contributed by atoms with Gasteiger partial charge in [0.2, 0.25) is 0 Å². The fourth-order valence-corrected chi connectivity index (χ4v) is 3.39. The van der Waals surface area contributed by atoms with Crippen LogP contribution < -0.4 is 5.32 Å². The number of rotatable bonds is 4. The molecular weight excluding hydrogens is 328 g/mol. The summed E-state index contributed by atoms with van der Waals surface area (Å²) in [6.45, 7) is 0. The predicted molar refractivity (Wildman–Crippen MR) is 97.9 cm³/mol. The summed E-state index contributed by atoms with van der Waals surface area (Å²) in [4.78, 5) is 21.6. The van der Waals surface area contributed by atoms with Crippen LogP contribution in [0.5, 0.6) is 0 Å². The molecule has 134 valence electrons. The largest absolute Gasteiger partial charge is 0.349 e. The molecule has 7 heteroatoms. The summed E-state index contributed by atoms with van der Waals surface area (Å²) in [5, 5.41) is 7.39. The number of pyridine rings is 1. The van der Waals surface area contributed by atoms with E-state index >= 15 is 0 Å². The van der Waals surface area contributed by atoms with Crippen molar-refractivity contribution in [3.05, 3.63) is 48.8 Å². The van der Waals surface area contributed by atoms with Crippen molar-refractivity contribution in [3.63, 3.8) is 0 Å². The molecule has 7 nitrogen and oxygen atoms in total. The Bertz CT molecular complexity index is 893. The van der Waals surface area contributed by atoms with Crippen LogP contribution in [0.4, 0.5) is 0 Å². The number of aromatic nitrogens is 5. The Hall–Kier alpha value is -2.96. The molecule has 0 atom stereocenters. The predicted octanol–water partition coefficient (Wildman–Crippen LogP) is 2.73. The molecule has 4 rings (SSSR count). The molecule has 1 amide bonds. The van der Waals surface area contributed by atoms with E-state index in [1.165, 1.54) is 19.3 Å². The fraction of sp³-hybridized carbons (Fsp3) is 0.368. The molecule has 0 radical (unpaired) electrons. The molecule has 0 aromatic carbocycles. The van der Waals surface area contributed by atoms with Gasteiger partial charge in [0.1, 0.15) is 12.1 Å². The minimum atomic E-state index is -0.0502. The normalized spacial score (nSPS) is 15.1. The third-order valence-electron chi connectivity index (χ3n) is 4.78. The van der Waals surface area contributed by atoms with Crippen LogP contribution in [0.2, 0.25) is 0 Å². The number of nitrogens with zero attached hydrogens (tertiary/aromatic N) is 5. The quantitative estimate of drug-likeness (QED) is 0.785. The first kappa shape index (κ1) is 16.5. The lowest BCUT2D eigenvalue weighted by Gasteiger charge is -2.23. The van der Waals surface area contributed by atoms with E-state index in [9.17, 15) is 4.79 Å². The van der Waals surface area contributed by atoms with Crippen molar-refractivity contribution in [2.24, 2.45) is 7.05 Å². The molecule has 1 aliphatic carbocycles. The number of aryl methyl sites for hydroxylation is 1. The maximum absolute atomic E-state index is 12.8. The summed E-state index contributed by atoms with van der Waals surface area (Å²) >= 11 is 0. The third kappa shape index (κ3) is 3.51. The lowest BCUT2D eigenvalue weighted by atomic mass is 9.95. The average Bonchev–Trinajstić information content (AvgIpc) is 3.34. The molecule has 1 N–H and O–H groups in total. The lowest BCUT2D eigenvalue weighted by molar-refractivity contribution is 0.0927. The van der Waals surface area contributed by atoms with E-state index in [2.05, 4.69) is 20.4 Å². The zero-order valence-electron chi connectivity index (χ0n) is 14.8. The maximum Gasteiger partial charge on any atom is 0.251 e. The van der Waals surface area contributed by atoms with Crippen molar-refractivity contribution < 1.29 is 4.79 Å². The molecule has 3 aromatic heterocycles. The van der Waals surface area contributed by atoms with Gasteiger partial charge in [-0.2, -0.15) is 5.10 Å². The number of amides is 1. The van der Waals surface area contributed by atoms with E-state index < -0.39 is 0 Å². The number of imidazole rings is 1. The fourth-order valence-electron chi connectivity index (χ4n) is 3.39. The minimum Gasteiger partial charge on any atom is -0.349 e. The first-order valence-corrected chi connectivity index (χ1v) is 8.99. The highest BCUT2D eigenvalue weighted by molar-refractivity contribution is 5.95. The topological polar surface area (TPSA) is 77.6 Å². The van der Waals surface area contributed by atoms with Crippen LogP contribution in [-0.4, -0.2) is 36.3 Å². The van der Waals surface area contributed by atoms with E-state index in [4.69, 9.17) is 0 Å². The van der Waals surface area contributed by atoms with Gasteiger partial charge in [-0.1, -0.05) is 19.3 Å². The molecule has 0 aliphatic heterocycles. The van der Waals surface area contributed by atoms with Gasteiger partial charge in [-0.15, -0.1) is 0 Å². The molecule has 0 bridgehead atoms. The van der Waals surface area contributed by atoms with E-state index in [0.29, 0.717) is 11.4 Å². The second-order valence-corrected chi connectivity index (χ2v) is 6.78. The average molecular weight is 350 g/mol. The molecule has 0 spiro atoms. The molecule has 1 fully saturated rings.